The number of carbonyl (C=O) groups is 2. The van der Waals surface area contributed by atoms with Crippen molar-refractivity contribution in [3.63, 3.8) is 0 Å². The lowest BCUT2D eigenvalue weighted by atomic mass is 10.2. The smallest absolute Gasteiger partial charge is 0.252 e. The van der Waals surface area contributed by atoms with Gasteiger partial charge in [-0.05, 0) is 50.5 Å². The number of anilines is 1. The molecule has 0 radical (unpaired) electrons. The zero-order valence-corrected chi connectivity index (χ0v) is 17.8. The zero-order chi connectivity index (χ0) is 20.6. The second-order valence-corrected chi connectivity index (χ2v) is 8.26. The summed E-state index contributed by atoms with van der Waals surface area (Å²) in [6.07, 6.45) is 1.86. The summed E-state index contributed by atoms with van der Waals surface area (Å²) in [5.74, 6) is 0.263. The Hall–Kier alpha value is -2.31. The van der Waals surface area contributed by atoms with E-state index in [2.05, 4.69) is 11.4 Å². The van der Waals surface area contributed by atoms with Crippen molar-refractivity contribution in [1.82, 2.24) is 5.32 Å². The fourth-order valence-corrected chi connectivity index (χ4v) is 4.21. The Balaban J connectivity index is 1.54. The molecule has 154 valence electrons. The number of thioether (sulfide) groups is 1. The minimum atomic E-state index is -0.114. The predicted molar refractivity (Wildman–Crippen MR) is 118 cm³/mol. The second-order valence-electron chi connectivity index (χ2n) is 7.24. The lowest BCUT2D eigenvalue weighted by Crippen LogP contribution is -2.30. The molecular weight excluding hydrogens is 384 g/mol. The van der Waals surface area contributed by atoms with Crippen molar-refractivity contribution in [2.75, 3.05) is 30.3 Å². The van der Waals surface area contributed by atoms with E-state index in [0.717, 1.165) is 30.0 Å². The van der Waals surface area contributed by atoms with Crippen LogP contribution in [0.1, 0.15) is 36.2 Å². The van der Waals surface area contributed by atoms with Gasteiger partial charge in [-0.2, -0.15) is 0 Å². The molecule has 0 spiro atoms. The number of rotatable bonds is 9. The van der Waals surface area contributed by atoms with Crippen molar-refractivity contribution in [3.8, 4) is 0 Å². The molecule has 5 nitrogen and oxygen atoms in total. The topological polar surface area (TPSA) is 58.6 Å². The van der Waals surface area contributed by atoms with E-state index in [-0.39, 0.29) is 17.9 Å². The number of amides is 2. The molecule has 1 aliphatic rings. The Labute approximate surface area is 176 Å². The van der Waals surface area contributed by atoms with E-state index in [1.54, 1.807) is 6.07 Å². The standard InChI is InChI=1S/C23H28N2O3S/c1-17(2)28-15-7-13-24-23(27)19-9-4-6-11-21(19)29-16-22(26)25-14-12-18-8-3-5-10-20(18)25/h3-6,8-11,17H,7,12-16H2,1-2H3,(H,24,27). The lowest BCUT2D eigenvalue weighted by molar-refractivity contribution is -0.116. The largest absolute Gasteiger partial charge is 0.379 e. The average Bonchev–Trinajstić information content (AvgIpc) is 3.16. The van der Waals surface area contributed by atoms with Crippen LogP contribution in [-0.2, 0) is 16.0 Å². The normalized spacial score (nSPS) is 12.9. The Kier molecular flexibility index (Phi) is 7.72. The van der Waals surface area contributed by atoms with Gasteiger partial charge in [0.2, 0.25) is 5.91 Å². The molecule has 29 heavy (non-hydrogen) atoms. The Morgan fingerprint density at radius 2 is 1.90 bits per heavy atom. The first-order valence-electron chi connectivity index (χ1n) is 10.1. The van der Waals surface area contributed by atoms with Gasteiger partial charge in [-0.1, -0.05) is 30.3 Å². The van der Waals surface area contributed by atoms with Crippen LogP contribution >= 0.6 is 11.8 Å². The van der Waals surface area contributed by atoms with E-state index in [0.29, 0.717) is 24.5 Å². The monoisotopic (exact) mass is 412 g/mol. The molecule has 0 fully saturated rings. The summed E-state index contributed by atoms with van der Waals surface area (Å²) in [5, 5.41) is 2.94. The number of fused-ring (bicyclic) bond motifs is 1. The highest BCUT2D eigenvalue weighted by Gasteiger charge is 2.24. The fraction of sp³-hybridized carbons (Fsp3) is 0.391. The Morgan fingerprint density at radius 1 is 1.14 bits per heavy atom. The summed E-state index contributed by atoms with van der Waals surface area (Å²) in [6, 6.07) is 15.5. The first-order valence-corrected chi connectivity index (χ1v) is 11.0. The fourth-order valence-electron chi connectivity index (χ4n) is 3.28. The van der Waals surface area contributed by atoms with E-state index in [1.807, 2.05) is 55.1 Å². The SMILES string of the molecule is CC(C)OCCCNC(=O)c1ccccc1SCC(=O)N1CCc2ccccc21. The summed E-state index contributed by atoms with van der Waals surface area (Å²) in [7, 11) is 0. The van der Waals surface area contributed by atoms with E-state index in [4.69, 9.17) is 4.74 Å². The van der Waals surface area contributed by atoms with Crippen LogP contribution in [0.5, 0.6) is 0 Å². The van der Waals surface area contributed by atoms with Crippen LogP contribution in [0.25, 0.3) is 0 Å². The third-order valence-corrected chi connectivity index (χ3v) is 5.79. The van der Waals surface area contributed by atoms with E-state index >= 15 is 0 Å². The lowest BCUT2D eigenvalue weighted by Gasteiger charge is -2.17. The zero-order valence-electron chi connectivity index (χ0n) is 17.0. The number of para-hydroxylation sites is 1. The molecular formula is C23H28N2O3S. The van der Waals surface area contributed by atoms with Gasteiger partial charge in [-0.25, -0.2) is 0 Å². The van der Waals surface area contributed by atoms with E-state index in [9.17, 15) is 9.59 Å². The van der Waals surface area contributed by atoms with Crippen molar-refractivity contribution >= 4 is 29.3 Å². The van der Waals surface area contributed by atoms with Crippen molar-refractivity contribution in [1.29, 1.82) is 0 Å². The van der Waals surface area contributed by atoms with Crippen molar-refractivity contribution in [2.24, 2.45) is 0 Å². The minimum absolute atomic E-state index is 0.0704. The van der Waals surface area contributed by atoms with Gasteiger partial charge in [-0.3, -0.25) is 9.59 Å². The number of nitrogens with zero attached hydrogens (tertiary/aromatic N) is 1. The molecule has 0 aromatic heterocycles. The van der Waals surface area contributed by atoms with Crippen molar-refractivity contribution < 1.29 is 14.3 Å². The van der Waals surface area contributed by atoms with Gasteiger partial charge in [0.15, 0.2) is 0 Å². The van der Waals surface area contributed by atoms with Gasteiger partial charge < -0.3 is 15.0 Å². The highest BCUT2D eigenvalue weighted by atomic mass is 32.2. The highest BCUT2D eigenvalue weighted by molar-refractivity contribution is 8.00. The first kappa shape index (κ1) is 21.4. The average molecular weight is 413 g/mol. The maximum atomic E-state index is 12.8. The molecule has 0 saturated heterocycles. The molecule has 1 heterocycles. The Bertz CT molecular complexity index is 854. The molecule has 6 heteroatoms. The van der Waals surface area contributed by atoms with Gasteiger partial charge in [-0.15, -0.1) is 11.8 Å². The van der Waals surface area contributed by atoms with Crippen LogP contribution in [0.4, 0.5) is 5.69 Å². The van der Waals surface area contributed by atoms with Gasteiger partial charge in [0.25, 0.3) is 5.91 Å². The third-order valence-electron chi connectivity index (χ3n) is 4.73. The summed E-state index contributed by atoms with van der Waals surface area (Å²) in [5.41, 5.74) is 2.83. The molecule has 3 rings (SSSR count). The van der Waals surface area contributed by atoms with Crippen LogP contribution in [0.3, 0.4) is 0 Å². The number of hydrogen-bond donors (Lipinski definition) is 1. The van der Waals surface area contributed by atoms with Gasteiger partial charge in [0, 0.05) is 30.3 Å². The second kappa shape index (κ2) is 10.5. The summed E-state index contributed by atoms with van der Waals surface area (Å²) in [4.78, 5) is 28.0. The van der Waals surface area contributed by atoms with E-state index in [1.165, 1.54) is 17.3 Å². The molecule has 0 unspecified atom stereocenters. The molecule has 0 atom stereocenters. The number of nitrogens with one attached hydrogen (secondary N) is 1. The molecule has 2 aromatic rings. The molecule has 0 bridgehead atoms. The van der Waals surface area contributed by atoms with Crippen LogP contribution in [0.15, 0.2) is 53.4 Å². The predicted octanol–water partition coefficient (Wildman–Crippen LogP) is 3.91. The maximum absolute atomic E-state index is 12.8. The van der Waals surface area contributed by atoms with Crippen molar-refractivity contribution in [2.45, 2.75) is 37.7 Å². The number of carbonyl (C=O) groups excluding carboxylic acids is 2. The Morgan fingerprint density at radius 3 is 2.72 bits per heavy atom. The number of hydrogen-bond acceptors (Lipinski definition) is 4. The summed E-state index contributed by atoms with van der Waals surface area (Å²) < 4.78 is 5.49. The van der Waals surface area contributed by atoms with Gasteiger partial charge in [0.1, 0.15) is 0 Å². The van der Waals surface area contributed by atoms with Crippen molar-refractivity contribution in [3.05, 3.63) is 59.7 Å². The third kappa shape index (κ3) is 5.84. The molecule has 0 aliphatic carbocycles. The van der Waals surface area contributed by atoms with Gasteiger partial charge >= 0.3 is 0 Å². The summed E-state index contributed by atoms with van der Waals surface area (Å²) in [6.45, 7) is 5.90. The van der Waals surface area contributed by atoms with Crippen LogP contribution < -0.4 is 10.2 Å². The van der Waals surface area contributed by atoms with Crippen LogP contribution in [0, 0.1) is 0 Å². The van der Waals surface area contributed by atoms with Crippen LogP contribution in [-0.4, -0.2) is 43.4 Å². The van der Waals surface area contributed by atoms with E-state index < -0.39 is 0 Å². The summed E-state index contributed by atoms with van der Waals surface area (Å²) >= 11 is 1.42. The highest BCUT2D eigenvalue weighted by Crippen LogP contribution is 2.29. The molecule has 1 aliphatic heterocycles. The maximum Gasteiger partial charge on any atom is 0.252 e. The molecule has 0 saturated carbocycles. The first-order chi connectivity index (χ1) is 14.1. The van der Waals surface area contributed by atoms with Crippen LogP contribution in [0.2, 0.25) is 0 Å². The quantitative estimate of drug-likeness (QED) is 0.501. The molecule has 1 N–H and O–H groups in total. The minimum Gasteiger partial charge on any atom is -0.379 e. The molecule has 2 amide bonds. The van der Waals surface area contributed by atoms with Gasteiger partial charge in [0.05, 0.1) is 17.4 Å². The molecule has 2 aromatic carbocycles. The number of benzene rings is 2. The number of ether oxygens (including phenoxy) is 1.